The summed E-state index contributed by atoms with van der Waals surface area (Å²) < 4.78 is 11.2. The number of ether oxygens (including phenoxy) is 1. The highest BCUT2D eigenvalue weighted by atomic mass is 79.9. The standard InChI is InChI=1S/C12H9BrO4/c13-9-4-8(12(14)15)5-11(6-9)17-7-10-2-1-3-16-10/h1-6H,7H2,(H,14,15). The number of furan rings is 1. The highest BCUT2D eigenvalue weighted by Gasteiger charge is 2.07. The molecule has 0 bridgehead atoms. The second-order valence-corrected chi connectivity index (χ2v) is 4.26. The first-order chi connectivity index (χ1) is 8.15. The van der Waals surface area contributed by atoms with E-state index in [1.807, 2.05) is 0 Å². The van der Waals surface area contributed by atoms with Gasteiger partial charge in [-0.3, -0.25) is 0 Å². The molecule has 0 aliphatic carbocycles. The molecule has 0 fully saturated rings. The summed E-state index contributed by atoms with van der Waals surface area (Å²) in [5, 5.41) is 8.89. The average Bonchev–Trinajstić information content (AvgIpc) is 2.78. The molecular weight excluding hydrogens is 288 g/mol. The van der Waals surface area contributed by atoms with Crippen LogP contribution >= 0.6 is 15.9 Å². The fraction of sp³-hybridized carbons (Fsp3) is 0.0833. The van der Waals surface area contributed by atoms with Crippen molar-refractivity contribution in [1.29, 1.82) is 0 Å². The predicted molar refractivity (Wildman–Crippen MR) is 64.1 cm³/mol. The lowest BCUT2D eigenvalue weighted by atomic mass is 10.2. The summed E-state index contributed by atoms with van der Waals surface area (Å²) in [6.45, 7) is 0.266. The molecule has 0 spiro atoms. The Morgan fingerprint density at radius 3 is 2.88 bits per heavy atom. The van der Waals surface area contributed by atoms with Gasteiger partial charge in [0.2, 0.25) is 0 Å². The van der Waals surface area contributed by atoms with Gasteiger partial charge in [-0.1, -0.05) is 15.9 Å². The molecule has 2 rings (SSSR count). The minimum Gasteiger partial charge on any atom is -0.486 e. The molecule has 1 aromatic carbocycles. The van der Waals surface area contributed by atoms with Gasteiger partial charge in [-0.15, -0.1) is 0 Å². The van der Waals surface area contributed by atoms with E-state index >= 15 is 0 Å². The average molecular weight is 297 g/mol. The summed E-state index contributed by atoms with van der Waals surface area (Å²) in [4.78, 5) is 10.8. The maximum absolute atomic E-state index is 10.8. The minimum absolute atomic E-state index is 0.175. The summed E-state index contributed by atoms with van der Waals surface area (Å²) in [6, 6.07) is 8.24. The van der Waals surface area contributed by atoms with Crippen LogP contribution in [0.4, 0.5) is 0 Å². The fourth-order valence-corrected chi connectivity index (χ4v) is 1.79. The molecule has 0 saturated carbocycles. The monoisotopic (exact) mass is 296 g/mol. The molecule has 2 aromatic rings. The third kappa shape index (κ3) is 3.10. The second-order valence-electron chi connectivity index (χ2n) is 3.35. The quantitative estimate of drug-likeness (QED) is 0.940. The Morgan fingerprint density at radius 1 is 1.41 bits per heavy atom. The van der Waals surface area contributed by atoms with Crippen molar-refractivity contribution in [2.24, 2.45) is 0 Å². The summed E-state index contributed by atoms with van der Waals surface area (Å²) in [5.41, 5.74) is 0.175. The van der Waals surface area contributed by atoms with Crippen molar-refractivity contribution in [2.75, 3.05) is 0 Å². The lowest BCUT2D eigenvalue weighted by Gasteiger charge is -2.06. The Kier molecular flexibility index (Phi) is 3.49. The Morgan fingerprint density at radius 2 is 2.24 bits per heavy atom. The first-order valence-electron chi connectivity index (χ1n) is 4.84. The number of carboxylic acid groups (broad SMARTS) is 1. The topological polar surface area (TPSA) is 59.7 Å². The zero-order valence-corrected chi connectivity index (χ0v) is 10.3. The van der Waals surface area contributed by atoms with E-state index in [1.54, 1.807) is 24.5 Å². The van der Waals surface area contributed by atoms with Gasteiger partial charge in [-0.25, -0.2) is 4.79 Å². The smallest absolute Gasteiger partial charge is 0.335 e. The summed E-state index contributed by atoms with van der Waals surface area (Å²) in [6.07, 6.45) is 1.56. The van der Waals surface area contributed by atoms with Crippen molar-refractivity contribution in [3.63, 3.8) is 0 Å². The lowest BCUT2D eigenvalue weighted by molar-refractivity contribution is 0.0696. The summed E-state index contributed by atoms with van der Waals surface area (Å²) in [5.74, 6) is 0.171. The minimum atomic E-state index is -0.992. The van der Waals surface area contributed by atoms with Crippen molar-refractivity contribution in [1.82, 2.24) is 0 Å². The van der Waals surface area contributed by atoms with Crippen molar-refractivity contribution in [3.05, 3.63) is 52.4 Å². The van der Waals surface area contributed by atoms with Crippen molar-refractivity contribution >= 4 is 21.9 Å². The number of carbonyl (C=O) groups is 1. The fourth-order valence-electron chi connectivity index (χ4n) is 1.32. The number of rotatable bonds is 4. The van der Waals surface area contributed by atoms with Crippen LogP contribution in [0.5, 0.6) is 5.75 Å². The molecule has 0 saturated heterocycles. The Hall–Kier alpha value is -1.75. The van der Waals surface area contributed by atoms with Gasteiger partial charge < -0.3 is 14.3 Å². The van der Waals surface area contributed by atoms with Crippen LogP contribution in [0, 0.1) is 0 Å². The van der Waals surface area contributed by atoms with E-state index in [1.165, 1.54) is 12.1 Å². The van der Waals surface area contributed by atoms with E-state index in [-0.39, 0.29) is 12.2 Å². The number of benzene rings is 1. The zero-order chi connectivity index (χ0) is 12.3. The predicted octanol–water partition coefficient (Wildman–Crippen LogP) is 3.32. The highest BCUT2D eigenvalue weighted by Crippen LogP contribution is 2.22. The summed E-state index contributed by atoms with van der Waals surface area (Å²) in [7, 11) is 0. The molecular formula is C12H9BrO4. The molecule has 0 amide bonds. The molecule has 0 atom stereocenters. The molecule has 1 N–H and O–H groups in total. The molecule has 0 radical (unpaired) electrons. The van der Waals surface area contributed by atoms with Gasteiger partial charge in [0.05, 0.1) is 11.8 Å². The highest BCUT2D eigenvalue weighted by molar-refractivity contribution is 9.10. The van der Waals surface area contributed by atoms with E-state index in [9.17, 15) is 4.79 Å². The van der Waals surface area contributed by atoms with Gasteiger partial charge in [0.25, 0.3) is 0 Å². The number of hydrogen-bond acceptors (Lipinski definition) is 3. The summed E-state index contributed by atoms with van der Waals surface area (Å²) >= 11 is 3.23. The van der Waals surface area contributed by atoms with Crippen molar-refractivity contribution in [2.45, 2.75) is 6.61 Å². The molecule has 88 valence electrons. The van der Waals surface area contributed by atoms with Crippen LogP contribution in [0.15, 0.2) is 45.5 Å². The third-order valence-electron chi connectivity index (χ3n) is 2.08. The maximum atomic E-state index is 10.8. The van der Waals surface area contributed by atoms with Crippen LogP contribution in [-0.4, -0.2) is 11.1 Å². The SMILES string of the molecule is O=C(O)c1cc(Br)cc(OCc2ccco2)c1. The van der Waals surface area contributed by atoms with E-state index in [4.69, 9.17) is 14.3 Å². The van der Waals surface area contributed by atoms with Crippen molar-refractivity contribution in [3.8, 4) is 5.75 Å². The molecule has 5 heteroatoms. The first-order valence-corrected chi connectivity index (χ1v) is 5.63. The van der Waals surface area contributed by atoms with E-state index in [0.29, 0.717) is 16.0 Å². The normalized spacial score (nSPS) is 10.2. The van der Waals surface area contributed by atoms with Gasteiger partial charge in [0, 0.05) is 4.47 Å². The van der Waals surface area contributed by atoms with Gasteiger partial charge in [0.15, 0.2) is 0 Å². The molecule has 1 aromatic heterocycles. The van der Waals surface area contributed by atoms with Gasteiger partial charge >= 0.3 is 5.97 Å². The van der Waals surface area contributed by atoms with Crippen molar-refractivity contribution < 1.29 is 19.1 Å². The number of aromatic carboxylic acids is 1. The third-order valence-corrected chi connectivity index (χ3v) is 2.54. The van der Waals surface area contributed by atoms with Crippen LogP contribution in [0.1, 0.15) is 16.1 Å². The molecule has 0 unspecified atom stereocenters. The van der Waals surface area contributed by atoms with Crippen LogP contribution in [0.25, 0.3) is 0 Å². The number of halogens is 1. The van der Waals surface area contributed by atoms with Gasteiger partial charge in [-0.05, 0) is 30.3 Å². The van der Waals surface area contributed by atoms with Gasteiger partial charge in [0.1, 0.15) is 18.1 Å². The van der Waals surface area contributed by atoms with E-state index < -0.39 is 5.97 Å². The van der Waals surface area contributed by atoms with E-state index in [2.05, 4.69) is 15.9 Å². The Bertz CT molecular complexity index is 519. The largest absolute Gasteiger partial charge is 0.486 e. The molecule has 0 aliphatic heterocycles. The Balaban J connectivity index is 2.13. The van der Waals surface area contributed by atoms with Crippen LogP contribution in [-0.2, 0) is 6.61 Å². The maximum Gasteiger partial charge on any atom is 0.335 e. The number of carboxylic acids is 1. The van der Waals surface area contributed by atoms with Gasteiger partial charge in [-0.2, -0.15) is 0 Å². The number of hydrogen-bond donors (Lipinski definition) is 1. The molecule has 1 heterocycles. The van der Waals surface area contributed by atoms with E-state index in [0.717, 1.165) is 0 Å². The zero-order valence-electron chi connectivity index (χ0n) is 8.72. The lowest BCUT2D eigenvalue weighted by Crippen LogP contribution is -1.99. The van der Waals surface area contributed by atoms with Crippen LogP contribution in [0.3, 0.4) is 0 Å². The second kappa shape index (κ2) is 5.05. The molecule has 17 heavy (non-hydrogen) atoms. The van der Waals surface area contributed by atoms with Crippen LogP contribution in [0.2, 0.25) is 0 Å². The Labute approximate surface area is 106 Å². The molecule has 4 nitrogen and oxygen atoms in total. The first kappa shape index (κ1) is 11.7. The molecule has 0 aliphatic rings. The van der Waals surface area contributed by atoms with Crippen LogP contribution < -0.4 is 4.74 Å².